The van der Waals surface area contributed by atoms with Crippen molar-refractivity contribution in [2.45, 2.75) is 37.1 Å². The van der Waals surface area contributed by atoms with Crippen molar-refractivity contribution in [2.24, 2.45) is 5.92 Å². The zero-order valence-corrected chi connectivity index (χ0v) is 25.3. The Labute approximate surface area is 257 Å². The number of para-hydroxylation sites is 1. The van der Waals surface area contributed by atoms with E-state index in [2.05, 4.69) is 10.0 Å². The lowest BCUT2D eigenvalue weighted by atomic mass is 9.99. The molecule has 1 heterocycles. The molecule has 0 fully saturated rings. The fourth-order valence-electron chi connectivity index (χ4n) is 4.67. The second kappa shape index (κ2) is 13.3. The average molecular weight is 653 g/mol. The molecule has 3 aromatic rings. The van der Waals surface area contributed by atoms with E-state index in [1.807, 2.05) is 0 Å². The van der Waals surface area contributed by atoms with Gasteiger partial charge in [-0.05, 0) is 67.6 Å². The van der Waals surface area contributed by atoms with Gasteiger partial charge in [-0.15, -0.1) is 0 Å². The maximum absolute atomic E-state index is 13.7. The first-order chi connectivity index (χ1) is 21.1. The molecule has 242 valence electrons. The number of hydrogen-bond donors (Lipinski definition) is 3. The third-order valence-electron chi connectivity index (χ3n) is 7.32. The van der Waals surface area contributed by atoms with Gasteiger partial charge in [-0.2, -0.15) is 13.2 Å². The Hall–Kier alpha value is -4.37. The number of anilines is 2. The number of urea groups is 1. The Bertz CT molecular complexity index is 1640. The molecule has 3 atom stereocenters. The van der Waals surface area contributed by atoms with E-state index < -0.39 is 57.6 Å². The lowest BCUT2D eigenvalue weighted by Gasteiger charge is -2.38. The first-order valence-corrected chi connectivity index (χ1v) is 15.3. The molecule has 0 saturated carbocycles. The number of carbonyl (C=O) groups excluding carboxylic acids is 2. The van der Waals surface area contributed by atoms with Crippen molar-refractivity contribution >= 4 is 33.3 Å². The highest BCUT2D eigenvalue weighted by atomic mass is 32.2. The standard InChI is InChI=1S/C30H32F4N4O6S/c1-18-15-38(19(2)17-39)28(40)24-5-4-6-25(36-45(42,43)23-13-9-21(31)10-14-23)27(24)44-26(18)16-37(3)29(41)35-22-11-7-20(8-12-22)30(32,33)34/h4-14,18-19,26,36,39H,15-17H2,1-3H3,(H,35,41)/t18-,19+,26+/m1/s1. The van der Waals surface area contributed by atoms with Crippen LogP contribution in [-0.2, 0) is 16.2 Å². The average Bonchev–Trinajstić information content (AvgIpc) is 2.98. The number of halogens is 4. The highest BCUT2D eigenvalue weighted by Gasteiger charge is 2.36. The molecular formula is C30H32F4N4O6S. The Morgan fingerprint density at radius 1 is 1.11 bits per heavy atom. The van der Waals surface area contributed by atoms with Crippen molar-refractivity contribution in [3.63, 3.8) is 0 Å². The van der Waals surface area contributed by atoms with E-state index in [1.54, 1.807) is 13.8 Å². The lowest BCUT2D eigenvalue weighted by Crippen LogP contribution is -2.50. The minimum atomic E-state index is -4.53. The Morgan fingerprint density at radius 3 is 2.36 bits per heavy atom. The number of aliphatic hydroxyl groups excluding tert-OH is 1. The van der Waals surface area contributed by atoms with Gasteiger partial charge in [-0.3, -0.25) is 9.52 Å². The van der Waals surface area contributed by atoms with E-state index in [1.165, 1.54) is 35.0 Å². The number of likely N-dealkylation sites (N-methyl/N-ethyl adjacent to an activating group) is 1. The number of rotatable bonds is 8. The fraction of sp³-hybridized carbons (Fsp3) is 0.333. The van der Waals surface area contributed by atoms with E-state index in [0.717, 1.165) is 48.5 Å². The first kappa shape index (κ1) is 33.5. The van der Waals surface area contributed by atoms with Gasteiger partial charge in [0.2, 0.25) is 0 Å². The van der Waals surface area contributed by atoms with E-state index >= 15 is 0 Å². The first-order valence-electron chi connectivity index (χ1n) is 13.8. The number of ether oxygens (including phenoxy) is 1. The topological polar surface area (TPSA) is 128 Å². The van der Waals surface area contributed by atoms with Gasteiger partial charge in [0.05, 0.1) is 40.9 Å². The summed E-state index contributed by atoms with van der Waals surface area (Å²) in [6.45, 7) is 3.08. The van der Waals surface area contributed by atoms with Crippen LogP contribution in [0.15, 0.2) is 71.6 Å². The molecule has 0 aliphatic carbocycles. The van der Waals surface area contributed by atoms with Gasteiger partial charge in [-0.25, -0.2) is 17.6 Å². The Kier molecular flexibility index (Phi) is 9.92. The molecule has 3 N–H and O–H groups in total. The number of carbonyl (C=O) groups is 2. The van der Waals surface area contributed by atoms with E-state index in [9.17, 15) is 40.7 Å². The van der Waals surface area contributed by atoms with Gasteiger partial charge < -0.3 is 25.0 Å². The zero-order chi connectivity index (χ0) is 33.1. The molecule has 1 aliphatic heterocycles. The molecule has 0 aromatic heterocycles. The van der Waals surface area contributed by atoms with Crippen LogP contribution in [0.1, 0.15) is 29.8 Å². The quantitative estimate of drug-likeness (QED) is 0.293. The molecule has 3 amide bonds. The molecule has 0 unspecified atom stereocenters. The highest BCUT2D eigenvalue weighted by Crippen LogP contribution is 2.36. The van der Waals surface area contributed by atoms with Gasteiger partial charge in [0.1, 0.15) is 11.9 Å². The summed E-state index contributed by atoms with van der Waals surface area (Å²) in [4.78, 5) is 29.1. The predicted molar refractivity (Wildman–Crippen MR) is 158 cm³/mol. The summed E-state index contributed by atoms with van der Waals surface area (Å²) < 4.78 is 87.2. The van der Waals surface area contributed by atoms with Crippen molar-refractivity contribution in [2.75, 3.05) is 36.8 Å². The van der Waals surface area contributed by atoms with E-state index in [-0.39, 0.29) is 47.3 Å². The molecule has 15 heteroatoms. The van der Waals surface area contributed by atoms with Crippen LogP contribution in [0.3, 0.4) is 0 Å². The molecular weight excluding hydrogens is 620 g/mol. The van der Waals surface area contributed by atoms with Crippen LogP contribution in [-0.4, -0.2) is 74.2 Å². The third kappa shape index (κ3) is 7.84. The van der Waals surface area contributed by atoms with Gasteiger partial charge in [-0.1, -0.05) is 13.0 Å². The number of alkyl halides is 3. The minimum absolute atomic E-state index is 0.00312. The molecule has 45 heavy (non-hydrogen) atoms. The summed E-state index contributed by atoms with van der Waals surface area (Å²) in [5.74, 6) is -1.72. The smallest absolute Gasteiger partial charge is 0.416 e. The molecule has 0 saturated heterocycles. The normalized spacial score (nSPS) is 17.8. The van der Waals surface area contributed by atoms with Crippen molar-refractivity contribution in [1.29, 1.82) is 0 Å². The van der Waals surface area contributed by atoms with Crippen molar-refractivity contribution in [3.05, 3.63) is 83.7 Å². The number of aliphatic hydroxyl groups is 1. The van der Waals surface area contributed by atoms with Crippen LogP contribution < -0.4 is 14.8 Å². The second-order valence-electron chi connectivity index (χ2n) is 10.8. The van der Waals surface area contributed by atoms with Crippen molar-refractivity contribution < 1.29 is 45.4 Å². The van der Waals surface area contributed by atoms with Gasteiger partial charge in [0.15, 0.2) is 5.75 Å². The van der Waals surface area contributed by atoms with Crippen LogP contribution in [0.4, 0.5) is 33.7 Å². The summed E-state index contributed by atoms with van der Waals surface area (Å²) in [5, 5.41) is 12.4. The van der Waals surface area contributed by atoms with Crippen LogP contribution in [0.5, 0.6) is 5.75 Å². The number of fused-ring (bicyclic) bond motifs is 1. The van der Waals surface area contributed by atoms with Gasteiger partial charge in [0, 0.05) is 25.2 Å². The number of benzene rings is 3. The lowest BCUT2D eigenvalue weighted by molar-refractivity contribution is -0.137. The summed E-state index contributed by atoms with van der Waals surface area (Å²) in [6.07, 6.45) is -5.36. The second-order valence-corrected chi connectivity index (χ2v) is 12.4. The Morgan fingerprint density at radius 2 is 1.76 bits per heavy atom. The summed E-state index contributed by atoms with van der Waals surface area (Å²) >= 11 is 0. The molecule has 0 spiro atoms. The molecule has 0 radical (unpaired) electrons. The maximum Gasteiger partial charge on any atom is 0.416 e. The summed E-state index contributed by atoms with van der Waals surface area (Å²) in [5.41, 5.74) is -0.824. The van der Waals surface area contributed by atoms with Crippen LogP contribution in [0.25, 0.3) is 0 Å². The number of hydrogen-bond acceptors (Lipinski definition) is 6. The molecule has 10 nitrogen and oxygen atoms in total. The zero-order valence-electron chi connectivity index (χ0n) is 24.5. The van der Waals surface area contributed by atoms with Crippen LogP contribution in [0, 0.1) is 11.7 Å². The predicted octanol–water partition coefficient (Wildman–Crippen LogP) is 5.03. The van der Waals surface area contributed by atoms with Crippen molar-refractivity contribution in [3.8, 4) is 5.75 Å². The molecule has 4 rings (SSSR count). The summed E-state index contributed by atoms with van der Waals surface area (Å²) in [6, 6.07) is 11.1. The fourth-order valence-corrected chi connectivity index (χ4v) is 5.74. The van der Waals surface area contributed by atoms with E-state index in [4.69, 9.17) is 4.74 Å². The molecule has 0 bridgehead atoms. The van der Waals surface area contributed by atoms with Crippen LogP contribution in [0.2, 0.25) is 0 Å². The number of sulfonamides is 1. The molecule has 1 aliphatic rings. The third-order valence-corrected chi connectivity index (χ3v) is 8.70. The van der Waals surface area contributed by atoms with Crippen LogP contribution >= 0.6 is 0 Å². The van der Waals surface area contributed by atoms with Gasteiger partial charge in [0.25, 0.3) is 15.9 Å². The number of nitrogens with zero attached hydrogens (tertiary/aromatic N) is 2. The Balaban J connectivity index is 1.64. The monoisotopic (exact) mass is 652 g/mol. The maximum atomic E-state index is 13.7. The molecule has 3 aromatic carbocycles. The summed E-state index contributed by atoms with van der Waals surface area (Å²) in [7, 11) is -2.82. The SMILES string of the molecule is C[C@@H]1CN([C@@H](C)CO)C(=O)c2cccc(NS(=O)(=O)c3ccc(F)cc3)c2O[C@H]1CN(C)C(=O)Nc1ccc(C(F)(F)F)cc1. The largest absolute Gasteiger partial charge is 0.485 e. The highest BCUT2D eigenvalue weighted by molar-refractivity contribution is 7.92. The van der Waals surface area contributed by atoms with Gasteiger partial charge >= 0.3 is 12.2 Å². The minimum Gasteiger partial charge on any atom is -0.485 e. The number of nitrogens with one attached hydrogen (secondary N) is 2. The number of amides is 3. The van der Waals surface area contributed by atoms with E-state index in [0.29, 0.717) is 0 Å². The van der Waals surface area contributed by atoms with Crippen molar-refractivity contribution in [1.82, 2.24) is 9.80 Å².